The number of imidazole rings is 1. The maximum Gasteiger partial charge on any atom is 0.286 e. The van der Waals surface area contributed by atoms with Gasteiger partial charge in [-0.3, -0.25) is 4.79 Å². The number of rotatable bonds is 9. The summed E-state index contributed by atoms with van der Waals surface area (Å²) < 4.78 is 22.4. The number of amides is 1. The summed E-state index contributed by atoms with van der Waals surface area (Å²) in [6.45, 7) is 1.05. The molecule has 9 heteroatoms. The van der Waals surface area contributed by atoms with Crippen LogP contribution in [-0.4, -0.2) is 53.8 Å². The van der Waals surface area contributed by atoms with E-state index in [9.17, 15) is 4.79 Å². The van der Waals surface area contributed by atoms with Crippen molar-refractivity contribution in [1.29, 1.82) is 0 Å². The second-order valence-corrected chi connectivity index (χ2v) is 7.06. The van der Waals surface area contributed by atoms with E-state index in [1.807, 2.05) is 24.3 Å². The quantitative estimate of drug-likeness (QED) is 0.533. The van der Waals surface area contributed by atoms with E-state index in [2.05, 4.69) is 15.3 Å². The van der Waals surface area contributed by atoms with Gasteiger partial charge in [0.2, 0.25) is 13.1 Å². The molecule has 1 amide bonds. The van der Waals surface area contributed by atoms with Gasteiger partial charge < -0.3 is 34.4 Å². The first kappa shape index (κ1) is 20.2. The number of aromatic nitrogens is 2. The average Bonchev–Trinajstić information content (AvgIpc) is 3.45. The Kier molecular flexibility index (Phi) is 6.50. The van der Waals surface area contributed by atoms with Gasteiger partial charge in [0.1, 0.15) is 0 Å². The van der Waals surface area contributed by atoms with Crippen molar-refractivity contribution in [2.24, 2.45) is 0 Å². The number of ether oxygens (including phenoxy) is 4. The number of carbonyl (C=O) groups is 1. The van der Waals surface area contributed by atoms with Crippen LogP contribution in [0.2, 0.25) is 0 Å². The fourth-order valence-corrected chi connectivity index (χ4v) is 3.39. The van der Waals surface area contributed by atoms with Gasteiger partial charge in [-0.1, -0.05) is 6.07 Å². The Hall–Kier alpha value is -3.04. The Labute approximate surface area is 174 Å². The van der Waals surface area contributed by atoms with Crippen molar-refractivity contribution in [2.75, 3.05) is 26.6 Å². The predicted molar refractivity (Wildman–Crippen MR) is 106 cm³/mol. The summed E-state index contributed by atoms with van der Waals surface area (Å²) in [4.78, 5) is 19.7. The lowest BCUT2D eigenvalue weighted by molar-refractivity contribution is -0.146. The Bertz CT molecular complexity index is 883. The Balaban J connectivity index is 1.45. The minimum absolute atomic E-state index is 0.0368. The summed E-state index contributed by atoms with van der Waals surface area (Å²) in [5.74, 6) is 1.25. The third-order valence-electron chi connectivity index (χ3n) is 4.95. The van der Waals surface area contributed by atoms with Crippen LogP contribution in [0.1, 0.15) is 30.0 Å². The summed E-state index contributed by atoms with van der Waals surface area (Å²) in [5, 5.41) is 11.9. The van der Waals surface area contributed by atoms with Crippen molar-refractivity contribution in [3.63, 3.8) is 0 Å². The molecule has 0 fully saturated rings. The number of allylic oxidation sites excluding steroid dienone is 1. The molecule has 2 aromatic rings. The first-order valence-corrected chi connectivity index (χ1v) is 9.99. The number of aliphatic hydroxyl groups is 1. The molecule has 2 aliphatic heterocycles. The number of hydrogen-bond donors (Lipinski definition) is 3. The minimum Gasteiger partial charge on any atom is -0.459 e. The van der Waals surface area contributed by atoms with Gasteiger partial charge in [-0.05, 0) is 30.2 Å². The Morgan fingerprint density at radius 2 is 2.23 bits per heavy atom. The van der Waals surface area contributed by atoms with Gasteiger partial charge in [-0.15, -0.1) is 0 Å². The number of carbonyl (C=O) groups excluding carboxylic acids is 1. The lowest BCUT2D eigenvalue weighted by Gasteiger charge is -2.29. The number of benzene rings is 1. The van der Waals surface area contributed by atoms with E-state index in [1.54, 1.807) is 12.5 Å². The molecule has 30 heavy (non-hydrogen) atoms. The van der Waals surface area contributed by atoms with Crippen molar-refractivity contribution in [3.8, 4) is 11.5 Å². The molecule has 4 rings (SSSR count). The summed E-state index contributed by atoms with van der Waals surface area (Å²) in [6, 6.07) is 5.75. The third kappa shape index (κ3) is 4.92. The first-order valence-electron chi connectivity index (χ1n) is 9.99. The number of hydrogen-bond acceptors (Lipinski definition) is 7. The fourth-order valence-electron chi connectivity index (χ4n) is 3.39. The van der Waals surface area contributed by atoms with E-state index >= 15 is 0 Å². The normalized spacial score (nSPS) is 19.8. The van der Waals surface area contributed by atoms with E-state index in [4.69, 9.17) is 24.1 Å². The highest BCUT2D eigenvalue weighted by Gasteiger charge is 2.29. The largest absolute Gasteiger partial charge is 0.459 e. The van der Waals surface area contributed by atoms with E-state index in [1.165, 1.54) is 0 Å². The topological polar surface area (TPSA) is 115 Å². The van der Waals surface area contributed by atoms with E-state index in [0.717, 1.165) is 11.3 Å². The van der Waals surface area contributed by atoms with Gasteiger partial charge in [0.15, 0.2) is 17.3 Å². The average molecular weight is 415 g/mol. The van der Waals surface area contributed by atoms with E-state index < -0.39 is 6.29 Å². The highest BCUT2D eigenvalue weighted by atomic mass is 16.7. The number of fused-ring (bicyclic) bond motifs is 1. The molecular weight excluding hydrogens is 390 g/mol. The highest BCUT2D eigenvalue weighted by molar-refractivity contribution is 5.91. The van der Waals surface area contributed by atoms with Gasteiger partial charge in [0, 0.05) is 43.8 Å². The number of H-pyrrole nitrogens is 1. The van der Waals surface area contributed by atoms with Gasteiger partial charge >= 0.3 is 0 Å². The fraction of sp³-hybridized carbons (Fsp3) is 0.429. The van der Waals surface area contributed by atoms with Crippen LogP contribution in [0.25, 0.3) is 0 Å². The third-order valence-corrected chi connectivity index (χ3v) is 4.95. The molecule has 3 N–H and O–H groups in total. The smallest absolute Gasteiger partial charge is 0.286 e. The van der Waals surface area contributed by atoms with Crippen LogP contribution in [0.3, 0.4) is 0 Å². The number of nitrogens with zero attached hydrogens (tertiary/aromatic N) is 1. The molecule has 2 aliphatic rings. The summed E-state index contributed by atoms with van der Waals surface area (Å²) in [5.41, 5.74) is 1.93. The summed E-state index contributed by atoms with van der Waals surface area (Å²) >= 11 is 0. The maximum absolute atomic E-state index is 12.7. The molecule has 0 aliphatic carbocycles. The van der Waals surface area contributed by atoms with Crippen molar-refractivity contribution < 1.29 is 28.8 Å². The van der Waals surface area contributed by atoms with Crippen LogP contribution in [0.4, 0.5) is 0 Å². The molecule has 0 radical (unpaired) electrons. The Morgan fingerprint density at radius 1 is 1.33 bits per heavy atom. The van der Waals surface area contributed by atoms with Crippen LogP contribution in [0.5, 0.6) is 11.5 Å². The molecule has 0 saturated heterocycles. The van der Waals surface area contributed by atoms with Crippen LogP contribution >= 0.6 is 0 Å². The monoisotopic (exact) mass is 415 g/mol. The van der Waals surface area contributed by atoms with Gasteiger partial charge in [-0.25, -0.2) is 4.98 Å². The first-order chi connectivity index (χ1) is 14.7. The van der Waals surface area contributed by atoms with Crippen LogP contribution in [-0.2, 0) is 20.7 Å². The molecule has 0 saturated carbocycles. The van der Waals surface area contributed by atoms with Crippen LogP contribution in [0, 0.1) is 0 Å². The number of nitrogens with one attached hydrogen (secondary N) is 2. The molecule has 0 spiro atoms. The molecule has 3 heterocycles. The summed E-state index contributed by atoms with van der Waals surface area (Å²) in [7, 11) is 0. The Morgan fingerprint density at radius 3 is 3.07 bits per heavy atom. The number of aromatic amines is 1. The zero-order valence-corrected chi connectivity index (χ0v) is 16.5. The standard InChI is InChI=1S/C21H25N3O6/c25-6-1-7-27-20-10-15(14-2-3-17-18(8-14)29-13-28-17)9-19(30-20)21(26)23-5-4-16-11-22-12-24-16/h2-3,8-9,11-12,15,20,25H,1,4-7,10,13H2,(H,22,24)(H,23,26)/t15-,20+/m1/s1. The second-order valence-electron chi connectivity index (χ2n) is 7.06. The van der Waals surface area contributed by atoms with Crippen molar-refractivity contribution >= 4 is 5.91 Å². The summed E-state index contributed by atoms with van der Waals surface area (Å²) in [6.07, 6.45) is 6.26. The number of aliphatic hydroxyl groups excluding tert-OH is 1. The highest BCUT2D eigenvalue weighted by Crippen LogP contribution is 2.38. The van der Waals surface area contributed by atoms with Gasteiger partial charge in [0.25, 0.3) is 5.91 Å². The van der Waals surface area contributed by atoms with Crippen molar-refractivity contribution in [2.45, 2.75) is 31.5 Å². The van der Waals surface area contributed by atoms with Crippen LogP contribution in [0.15, 0.2) is 42.6 Å². The lowest BCUT2D eigenvalue weighted by Crippen LogP contribution is -2.34. The predicted octanol–water partition coefficient (Wildman–Crippen LogP) is 1.61. The molecule has 1 aromatic heterocycles. The molecule has 9 nitrogen and oxygen atoms in total. The molecule has 0 unspecified atom stereocenters. The van der Waals surface area contributed by atoms with Gasteiger partial charge in [-0.2, -0.15) is 0 Å². The minimum atomic E-state index is -0.578. The van der Waals surface area contributed by atoms with Crippen LogP contribution < -0.4 is 14.8 Å². The zero-order valence-electron chi connectivity index (χ0n) is 16.5. The molecule has 1 aromatic carbocycles. The maximum atomic E-state index is 12.7. The van der Waals surface area contributed by atoms with Crippen molar-refractivity contribution in [3.05, 3.63) is 53.8 Å². The van der Waals surface area contributed by atoms with Gasteiger partial charge in [0.05, 0.1) is 12.9 Å². The second kappa shape index (κ2) is 9.64. The lowest BCUT2D eigenvalue weighted by atomic mass is 9.92. The zero-order chi connectivity index (χ0) is 20.8. The molecule has 0 bridgehead atoms. The van der Waals surface area contributed by atoms with Crippen molar-refractivity contribution in [1.82, 2.24) is 15.3 Å². The SMILES string of the molecule is O=C(NCCc1cnc[nH]1)C1=C[C@@H](c2ccc3c(c2)OCO3)C[C@@H](OCCCO)O1. The molecular formula is C21H25N3O6. The van der Waals surface area contributed by atoms with E-state index in [0.29, 0.717) is 43.9 Å². The molecule has 2 atom stereocenters. The molecule has 160 valence electrons. The van der Waals surface area contributed by atoms with E-state index in [-0.39, 0.29) is 31.0 Å².